The molecule has 2 heterocycles. The number of nitrogens with zero attached hydrogens (tertiary/aromatic N) is 3. The minimum Gasteiger partial charge on any atom is -0.379 e. The smallest absolute Gasteiger partial charge is 0.0769 e. The maximum Gasteiger partial charge on any atom is 0.0769 e. The van der Waals surface area contributed by atoms with E-state index < -0.39 is 0 Å². The van der Waals surface area contributed by atoms with Crippen LogP contribution < -0.4 is 0 Å². The number of aryl methyl sites for hydroxylation is 2. The summed E-state index contributed by atoms with van der Waals surface area (Å²) >= 11 is 0. The number of hydrogen-bond acceptors (Lipinski definition) is 3. The monoisotopic (exact) mass is 311 g/mol. The zero-order chi connectivity index (χ0) is 16.4. The Morgan fingerprint density at radius 1 is 1.17 bits per heavy atom. The van der Waals surface area contributed by atoms with E-state index in [1.165, 1.54) is 27.7 Å². The number of rotatable bonds is 4. The molecule has 0 aliphatic carbocycles. The van der Waals surface area contributed by atoms with E-state index >= 15 is 0 Å². The Labute approximate surface area is 138 Å². The maximum atomic E-state index is 9.61. The van der Waals surface area contributed by atoms with Crippen LogP contribution in [0.3, 0.4) is 0 Å². The highest BCUT2D eigenvalue weighted by Gasteiger charge is 2.19. The summed E-state index contributed by atoms with van der Waals surface area (Å²) in [6, 6.07) is 9.10. The van der Waals surface area contributed by atoms with E-state index in [0.717, 1.165) is 39.4 Å². The highest BCUT2D eigenvalue weighted by molar-refractivity contribution is 5.85. The zero-order valence-electron chi connectivity index (χ0n) is 14.3. The van der Waals surface area contributed by atoms with Gasteiger partial charge in [-0.2, -0.15) is 5.26 Å². The van der Waals surface area contributed by atoms with E-state index in [9.17, 15) is 5.26 Å². The SMILES string of the molecule is Cc1ccc2c(c1)c(C)c(C)n2CC(C#N)CN1CCOCC1. The van der Waals surface area contributed by atoms with Crippen LogP contribution in [0.2, 0.25) is 0 Å². The van der Waals surface area contributed by atoms with Gasteiger partial charge in [0.1, 0.15) is 0 Å². The Kier molecular flexibility index (Phi) is 4.70. The Hall–Kier alpha value is -1.83. The van der Waals surface area contributed by atoms with E-state index in [2.05, 4.69) is 54.5 Å². The number of hydrogen-bond donors (Lipinski definition) is 0. The quantitative estimate of drug-likeness (QED) is 0.871. The Morgan fingerprint density at radius 3 is 2.61 bits per heavy atom. The standard InChI is InChI=1S/C19H25N3O/c1-14-4-5-19-18(10-14)15(2)16(3)22(19)13-17(11-20)12-21-6-8-23-9-7-21/h4-5,10,17H,6-9,12-13H2,1-3H3. The number of aromatic nitrogens is 1. The third kappa shape index (κ3) is 3.26. The second kappa shape index (κ2) is 6.74. The molecular formula is C19H25N3O. The summed E-state index contributed by atoms with van der Waals surface area (Å²) in [5.74, 6) is 0.00287. The fourth-order valence-electron chi connectivity index (χ4n) is 3.45. The number of nitriles is 1. The molecular weight excluding hydrogens is 286 g/mol. The lowest BCUT2D eigenvalue weighted by molar-refractivity contribution is 0.0329. The predicted molar refractivity (Wildman–Crippen MR) is 92.5 cm³/mol. The largest absolute Gasteiger partial charge is 0.379 e. The summed E-state index contributed by atoms with van der Waals surface area (Å²) in [7, 11) is 0. The van der Waals surface area contributed by atoms with Crippen LogP contribution in [0.15, 0.2) is 18.2 Å². The number of morpholine rings is 1. The first-order valence-corrected chi connectivity index (χ1v) is 8.36. The Morgan fingerprint density at radius 2 is 1.91 bits per heavy atom. The van der Waals surface area contributed by atoms with Crippen molar-refractivity contribution in [2.24, 2.45) is 5.92 Å². The van der Waals surface area contributed by atoms with Crippen LogP contribution in [0.1, 0.15) is 16.8 Å². The van der Waals surface area contributed by atoms with Crippen molar-refractivity contribution >= 4 is 10.9 Å². The van der Waals surface area contributed by atoms with Crippen molar-refractivity contribution < 1.29 is 4.74 Å². The second-order valence-electron chi connectivity index (χ2n) is 6.58. The van der Waals surface area contributed by atoms with Crippen molar-refractivity contribution in [1.82, 2.24) is 9.47 Å². The minimum absolute atomic E-state index is 0.00287. The minimum atomic E-state index is 0.00287. The molecule has 23 heavy (non-hydrogen) atoms. The second-order valence-corrected chi connectivity index (χ2v) is 6.58. The molecule has 0 bridgehead atoms. The van der Waals surface area contributed by atoms with Crippen molar-refractivity contribution in [3.63, 3.8) is 0 Å². The van der Waals surface area contributed by atoms with Crippen molar-refractivity contribution in [2.45, 2.75) is 27.3 Å². The summed E-state index contributed by atoms with van der Waals surface area (Å²) in [5, 5.41) is 10.9. The van der Waals surface area contributed by atoms with E-state index in [0.29, 0.717) is 0 Å². The summed E-state index contributed by atoms with van der Waals surface area (Å²) in [4.78, 5) is 2.34. The molecule has 0 radical (unpaired) electrons. The summed E-state index contributed by atoms with van der Waals surface area (Å²) in [6.45, 7) is 11.5. The van der Waals surface area contributed by atoms with Gasteiger partial charge in [-0.1, -0.05) is 11.6 Å². The van der Waals surface area contributed by atoms with Crippen LogP contribution in [-0.2, 0) is 11.3 Å². The molecule has 0 saturated carbocycles. The molecule has 1 aliphatic heterocycles. The van der Waals surface area contributed by atoms with Crippen LogP contribution in [0.4, 0.5) is 0 Å². The third-order valence-electron chi connectivity index (χ3n) is 4.96. The van der Waals surface area contributed by atoms with Gasteiger partial charge in [0, 0.05) is 42.8 Å². The highest BCUT2D eigenvalue weighted by Crippen LogP contribution is 2.27. The fourth-order valence-corrected chi connectivity index (χ4v) is 3.45. The van der Waals surface area contributed by atoms with Gasteiger partial charge in [-0.3, -0.25) is 4.90 Å². The molecule has 1 fully saturated rings. The molecule has 1 aliphatic rings. The Balaban J connectivity index is 1.84. The number of benzene rings is 1. The summed E-state index contributed by atoms with van der Waals surface area (Å²) < 4.78 is 7.71. The summed E-state index contributed by atoms with van der Waals surface area (Å²) in [6.07, 6.45) is 0. The Bertz CT molecular complexity index is 735. The lowest BCUT2D eigenvalue weighted by Crippen LogP contribution is -2.39. The van der Waals surface area contributed by atoms with Gasteiger partial charge in [-0.05, 0) is 38.5 Å². The summed E-state index contributed by atoms with van der Waals surface area (Å²) in [5.41, 5.74) is 5.12. The van der Waals surface area contributed by atoms with E-state index in [1.807, 2.05) is 0 Å². The first kappa shape index (κ1) is 16.0. The molecule has 0 spiro atoms. The van der Waals surface area contributed by atoms with Gasteiger partial charge >= 0.3 is 0 Å². The first-order chi connectivity index (χ1) is 11.1. The van der Waals surface area contributed by atoms with Gasteiger partial charge in [0.05, 0.1) is 25.2 Å². The van der Waals surface area contributed by atoms with Gasteiger partial charge in [0.2, 0.25) is 0 Å². The average molecular weight is 311 g/mol. The highest BCUT2D eigenvalue weighted by atomic mass is 16.5. The molecule has 1 saturated heterocycles. The molecule has 0 N–H and O–H groups in total. The molecule has 122 valence electrons. The molecule has 4 nitrogen and oxygen atoms in total. The van der Waals surface area contributed by atoms with Gasteiger partial charge in [-0.15, -0.1) is 0 Å². The molecule has 4 heteroatoms. The normalized spacial score (nSPS) is 17.3. The van der Waals surface area contributed by atoms with Crippen LogP contribution in [0.25, 0.3) is 10.9 Å². The van der Waals surface area contributed by atoms with Crippen LogP contribution in [-0.4, -0.2) is 42.3 Å². The van der Waals surface area contributed by atoms with Crippen LogP contribution in [0.5, 0.6) is 0 Å². The van der Waals surface area contributed by atoms with E-state index in [4.69, 9.17) is 4.74 Å². The zero-order valence-corrected chi connectivity index (χ0v) is 14.3. The third-order valence-corrected chi connectivity index (χ3v) is 4.96. The lowest BCUT2D eigenvalue weighted by Gasteiger charge is -2.28. The fraction of sp³-hybridized carbons (Fsp3) is 0.526. The number of ether oxygens (including phenoxy) is 1. The molecule has 1 atom stereocenters. The molecule has 2 aromatic rings. The molecule has 3 rings (SSSR count). The van der Waals surface area contributed by atoms with Gasteiger partial charge < -0.3 is 9.30 Å². The lowest BCUT2D eigenvalue weighted by atomic mass is 10.1. The van der Waals surface area contributed by atoms with Crippen molar-refractivity contribution in [1.29, 1.82) is 5.26 Å². The predicted octanol–water partition coefficient (Wildman–Crippen LogP) is 3.04. The van der Waals surface area contributed by atoms with Crippen molar-refractivity contribution in [2.75, 3.05) is 32.8 Å². The van der Waals surface area contributed by atoms with Crippen LogP contribution in [0, 0.1) is 38.0 Å². The average Bonchev–Trinajstić information content (AvgIpc) is 2.79. The van der Waals surface area contributed by atoms with Gasteiger partial charge in [-0.25, -0.2) is 0 Å². The van der Waals surface area contributed by atoms with Crippen molar-refractivity contribution in [3.05, 3.63) is 35.0 Å². The van der Waals surface area contributed by atoms with E-state index in [1.54, 1.807) is 0 Å². The van der Waals surface area contributed by atoms with Crippen LogP contribution >= 0.6 is 0 Å². The van der Waals surface area contributed by atoms with E-state index in [-0.39, 0.29) is 5.92 Å². The molecule has 0 amide bonds. The maximum absolute atomic E-state index is 9.61. The van der Waals surface area contributed by atoms with Crippen molar-refractivity contribution in [3.8, 4) is 6.07 Å². The van der Waals surface area contributed by atoms with Gasteiger partial charge in [0.15, 0.2) is 0 Å². The first-order valence-electron chi connectivity index (χ1n) is 8.36. The molecule has 1 aromatic heterocycles. The molecule has 1 aromatic carbocycles. The number of fused-ring (bicyclic) bond motifs is 1. The topological polar surface area (TPSA) is 41.2 Å². The molecule has 1 unspecified atom stereocenters. The van der Waals surface area contributed by atoms with Gasteiger partial charge in [0.25, 0.3) is 0 Å².